The van der Waals surface area contributed by atoms with E-state index in [0.29, 0.717) is 11.3 Å². The third-order valence-corrected chi connectivity index (χ3v) is 4.47. The quantitative estimate of drug-likeness (QED) is 0.643. The Kier molecular flexibility index (Phi) is 4.97. The number of ether oxygens (including phenoxy) is 1. The average Bonchev–Trinajstić information content (AvgIpc) is 3.11. The molecule has 0 aromatic heterocycles. The maximum Gasteiger partial charge on any atom is 0.269 e. The highest BCUT2D eigenvalue weighted by atomic mass is 16.6. The molecular formula is C19H20N2O4. The van der Waals surface area contributed by atoms with Crippen LogP contribution < -0.4 is 10.1 Å². The van der Waals surface area contributed by atoms with Crippen molar-refractivity contribution in [2.75, 3.05) is 5.32 Å². The molecule has 1 amide bonds. The van der Waals surface area contributed by atoms with Crippen molar-refractivity contribution in [3.63, 3.8) is 0 Å². The smallest absolute Gasteiger partial charge is 0.269 e. The lowest BCUT2D eigenvalue weighted by Gasteiger charge is -2.17. The van der Waals surface area contributed by atoms with Crippen molar-refractivity contribution in [3.05, 3.63) is 63.7 Å². The molecule has 0 spiro atoms. The molecule has 1 aliphatic rings. The number of non-ortho nitro benzene ring substituents is 1. The molecule has 1 aliphatic carbocycles. The summed E-state index contributed by atoms with van der Waals surface area (Å²) in [5, 5.41) is 13.5. The van der Waals surface area contributed by atoms with Gasteiger partial charge in [-0.3, -0.25) is 14.9 Å². The van der Waals surface area contributed by atoms with Gasteiger partial charge in [-0.05, 0) is 56.9 Å². The molecule has 0 atom stereocenters. The number of benzene rings is 2. The summed E-state index contributed by atoms with van der Waals surface area (Å²) in [6.45, 7) is 1.91. The van der Waals surface area contributed by atoms with Gasteiger partial charge in [0.25, 0.3) is 11.6 Å². The topological polar surface area (TPSA) is 81.5 Å². The predicted molar refractivity (Wildman–Crippen MR) is 95.1 cm³/mol. The molecule has 130 valence electrons. The van der Waals surface area contributed by atoms with Gasteiger partial charge in [-0.2, -0.15) is 0 Å². The van der Waals surface area contributed by atoms with E-state index < -0.39 is 4.92 Å². The normalized spacial score (nSPS) is 14.3. The molecule has 0 radical (unpaired) electrons. The fourth-order valence-electron chi connectivity index (χ4n) is 2.99. The molecule has 1 fully saturated rings. The molecule has 6 heteroatoms. The second kappa shape index (κ2) is 7.34. The van der Waals surface area contributed by atoms with Gasteiger partial charge in [-0.25, -0.2) is 0 Å². The molecule has 3 rings (SSSR count). The molecule has 0 unspecified atom stereocenters. The molecule has 0 saturated heterocycles. The van der Waals surface area contributed by atoms with E-state index in [-0.39, 0.29) is 17.7 Å². The van der Waals surface area contributed by atoms with Crippen molar-refractivity contribution < 1.29 is 14.5 Å². The summed E-state index contributed by atoms with van der Waals surface area (Å²) >= 11 is 0. The first-order valence-electron chi connectivity index (χ1n) is 8.36. The number of nitro benzene ring substituents is 1. The zero-order valence-electron chi connectivity index (χ0n) is 14.0. The first-order valence-corrected chi connectivity index (χ1v) is 8.36. The van der Waals surface area contributed by atoms with Crippen LogP contribution in [-0.2, 0) is 0 Å². The summed E-state index contributed by atoms with van der Waals surface area (Å²) in [5.41, 5.74) is 1.88. The summed E-state index contributed by atoms with van der Waals surface area (Å²) in [4.78, 5) is 22.6. The Hall–Kier alpha value is -2.89. The van der Waals surface area contributed by atoms with E-state index >= 15 is 0 Å². The van der Waals surface area contributed by atoms with Gasteiger partial charge in [0, 0.05) is 28.9 Å². The van der Waals surface area contributed by atoms with Crippen LogP contribution in [0.2, 0.25) is 0 Å². The molecule has 6 nitrogen and oxygen atoms in total. The summed E-state index contributed by atoms with van der Waals surface area (Å²) in [6, 6.07) is 11.1. The average molecular weight is 340 g/mol. The number of hydrogen-bond donors (Lipinski definition) is 1. The minimum absolute atomic E-state index is 0.0420. The van der Waals surface area contributed by atoms with Crippen LogP contribution in [-0.4, -0.2) is 16.9 Å². The summed E-state index contributed by atoms with van der Waals surface area (Å²) in [7, 11) is 0. The Morgan fingerprint density at radius 1 is 1.16 bits per heavy atom. The van der Waals surface area contributed by atoms with Crippen LogP contribution in [0.3, 0.4) is 0 Å². The molecule has 2 aromatic carbocycles. The van der Waals surface area contributed by atoms with Gasteiger partial charge in [0.2, 0.25) is 0 Å². The first kappa shape index (κ1) is 17.0. The van der Waals surface area contributed by atoms with E-state index in [2.05, 4.69) is 5.32 Å². The fraction of sp³-hybridized carbons (Fsp3) is 0.316. The van der Waals surface area contributed by atoms with E-state index in [0.717, 1.165) is 24.2 Å². The first-order chi connectivity index (χ1) is 12.0. The van der Waals surface area contributed by atoms with Gasteiger partial charge in [0.1, 0.15) is 5.75 Å². The zero-order chi connectivity index (χ0) is 17.8. The van der Waals surface area contributed by atoms with Crippen LogP contribution in [0, 0.1) is 17.0 Å². The summed E-state index contributed by atoms with van der Waals surface area (Å²) < 4.78 is 6.05. The second-order valence-electron chi connectivity index (χ2n) is 6.21. The van der Waals surface area contributed by atoms with Crippen molar-refractivity contribution in [1.29, 1.82) is 0 Å². The number of nitrogens with one attached hydrogen (secondary N) is 1. The van der Waals surface area contributed by atoms with Gasteiger partial charge in [-0.1, -0.05) is 6.07 Å². The van der Waals surface area contributed by atoms with Crippen LogP contribution >= 0.6 is 0 Å². The predicted octanol–water partition coefficient (Wildman–Crippen LogP) is 4.48. The Labute approximate surface area is 146 Å². The molecular weight excluding hydrogens is 320 g/mol. The van der Waals surface area contributed by atoms with E-state index in [9.17, 15) is 14.9 Å². The molecule has 0 aliphatic heterocycles. The van der Waals surface area contributed by atoms with E-state index in [1.165, 1.54) is 37.1 Å². The van der Waals surface area contributed by atoms with Crippen molar-refractivity contribution >= 4 is 17.3 Å². The fourth-order valence-corrected chi connectivity index (χ4v) is 2.99. The maximum atomic E-state index is 12.4. The minimum atomic E-state index is -0.490. The Morgan fingerprint density at radius 3 is 2.48 bits per heavy atom. The van der Waals surface area contributed by atoms with Crippen LogP contribution in [0.15, 0.2) is 42.5 Å². The highest BCUT2D eigenvalue weighted by Crippen LogP contribution is 2.30. The van der Waals surface area contributed by atoms with Gasteiger partial charge < -0.3 is 10.1 Å². The van der Waals surface area contributed by atoms with Crippen LogP contribution in [0.1, 0.15) is 41.6 Å². The Balaban J connectivity index is 1.73. The van der Waals surface area contributed by atoms with Crippen LogP contribution in [0.4, 0.5) is 11.4 Å². The SMILES string of the molecule is Cc1c(NC(=O)c2ccc([N+](=O)[O-])cc2)cccc1OC1CCCC1. The number of anilines is 1. The Bertz CT molecular complexity index is 781. The largest absolute Gasteiger partial charge is 0.490 e. The highest BCUT2D eigenvalue weighted by Gasteiger charge is 2.18. The van der Waals surface area contributed by atoms with Gasteiger partial charge >= 0.3 is 0 Å². The zero-order valence-corrected chi connectivity index (χ0v) is 14.0. The van der Waals surface area contributed by atoms with Gasteiger partial charge in [0.05, 0.1) is 11.0 Å². The lowest BCUT2D eigenvalue weighted by atomic mass is 10.1. The molecule has 1 saturated carbocycles. The number of carbonyl (C=O) groups excluding carboxylic acids is 1. The van der Waals surface area contributed by atoms with Crippen molar-refractivity contribution in [2.45, 2.75) is 38.7 Å². The lowest BCUT2D eigenvalue weighted by Crippen LogP contribution is -2.15. The monoisotopic (exact) mass is 340 g/mol. The van der Waals surface area contributed by atoms with E-state index in [1.54, 1.807) is 0 Å². The summed E-state index contributed by atoms with van der Waals surface area (Å²) in [5.74, 6) is 0.476. The molecule has 1 N–H and O–H groups in total. The van der Waals surface area contributed by atoms with Crippen molar-refractivity contribution in [2.24, 2.45) is 0 Å². The number of hydrogen-bond acceptors (Lipinski definition) is 4. The number of nitrogens with zero attached hydrogens (tertiary/aromatic N) is 1. The molecule has 0 heterocycles. The molecule has 2 aromatic rings. The molecule has 25 heavy (non-hydrogen) atoms. The highest BCUT2D eigenvalue weighted by molar-refractivity contribution is 6.04. The minimum Gasteiger partial charge on any atom is -0.490 e. The number of nitro groups is 1. The summed E-state index contributed by atoms with van der Waals surface area (Å²) in [6.07, 6.45) is 4.78. The van der Waals surface area contributed by atoms with Gasteiger partial charge in [0.15, 0.2) is 0 Å². The maximum absolute atomic E-state index is 12.4. The Morgan fingerprint density at radius 2 is 1.84 bits per heavy atom. The number of carbonyl (C=O) groups is 1. The van der Waals surface area contributed by atoms with Crippen LogP contribution in [0.5, 0.6) is 5.75 Å². The lowest BCUT2D eigenvalue weighted by molar-refractivity contribution is -0.384. The standard InChI is InChI=1S/C19H20N2O4/c1-13-17(7-4-8-18(13)25-16-5-2-3-6-16)20-19(22)14-9-11-15(12-10-14)21(23)24/h4,7-12,16H,2-3,5-6H2,1H3,(H,20,22). The van der Waals surface area contributed by atoms with Crippen LogP contribution in [0.25, 0.3) is 0 Å². The third kappa shape index (κ3) is 3.96. The van der Waals surface area contributed by atoms with Crippen molar-refractivity contribution in [1.82, 2.24) is 0 Å². The molecule has 0 bridgehead atoms. The van der Waals surface area contributed by atoms with E-state index in [1.807, 2.05) is 25.1 Å². The second-order valence-corrected chi connectivity index (χ2v) is 6.21. The number of rotatable bonds is 5. The van der Waals surface area contributed by atoms with E-state index in [4.69, 9.17) is 4.74 Å². The van der Waals surface area contributed by atoms with Gasteiger partial charge in [-0.15, -0.1) is 0 Å². The number of amides is 1. The van der Waals surface area contributed by atoms with Crippen molar-refractivity contribution in [3.8, 4) is 5.75 Å². The third-order valence-electron chi connectivity index (χ3n) is 4.47.